The van der Waals surface area contributed by atoms with E-state index in [1.807, 2.05) is 0 Å². The third-order valence-electron chi connectivity index (χ3n) is 1.96. The molecule has 0 saturated carbocycles. The molecule has 0 aliphatic rings. The lowest BCUT2D eigenvalue weighted by Crippen LogP contribution is -2.06. The molecule has 1 atom stereocenters. The fourth-order valence-electron chi connectivity index (χ4n) is 1.21. The van der Waals surface area contributed by atoms with Crippen molar-refractivity contribution in [2.24, 2.45) is 0 Å². The van der Waals surface area contributed by atoms with Gasteiger partial charge < -0.3 is 0 Å². The summed E-state index contributed by atoms with van der Waals surface area (Å²) in [5.74, 6) is -0.534. The first-order valence-electron chi connectivity index (χ1n) is 4.09. The minimum absolute atomic E-state index is 0.217. The van der Waals surface area contributed by atoms with Crippen LogP contribution < -0.4 is 0 Å². The zero-order valence-electron chi connectivity index (χ0n) is 7.64. The van der Waals surface area contributed by atoms with Crippen LogP contribution >= 0.6 is 0 Å². The Morgan fingerprint density at radius 3 is 2.50 bits per heavy atom. The van der Waals surface area contributed by atoms with Gasteiger partial charge in [-0.2, -0.15) is 8.42 Å². The minimum Gasteiger partial charge on any atom is -0.282 e. The summed E-state index contributed by atoms with van der Waals surface area (Å²) in [6.45, 7) is 0.899. The molecule has 3 nitrogen and oxygen atoms in total. The second-order valence-electron chi connectivity index (χ2n) is 3.07. The summed E-state index contributed by atoms with van der Waals surface area (Å²) in [5, 5.41) is 0. The van der Waals surface area contributed by atoms with E-state index in [0.29, 0.717) is 5.56 Å². The van der Waals surface area contributed by atoms with E-state index in [1.54, 1.807) is 13.0 Å². The predicted molar refractivity (Wildman–Crippen MR) is 50.6 cm³/mol. The summed E-state index contributed by atoms with van der Waals surface area (Å²) in [5.41, 5.74) is 0.303. The number of alkyl halides is 1. The van der Waals surface area contributed by atoms with Gasteiger partial charge in [-0.05, 0) is 11.6 Å². The highest BCUT2D eigenvalue weighted by Gasteiger charge is 2.18. The highest BCUT2D eigenvalue weighted by Crippen LogP contribution is 2.23. The first-order valence-corrected chi connectivity index (χ1v) is 5.53. The molecule has 0 bridgehead atoms. The van der Waals surface area contributed by atoms with Gasteiger partial charge in [-0.15, -0.1) is 0 Å². The van der Waals surface area contributed by atoms with E-state index in [9.17, 15) is 12.8 Å². The molecule has 0 amide bonds. The van der Waals surface area contributed by atoms with Crippen LogP contribution in [0, 0.1) is 0 Å². The summed E-state index contributed by atoms with van der Waals surface area (Å²) in [6, 6.07) is 5.85. The van der Waals surface area contributed by atoms with E-state index in [-0.39, 0.29) is 4.90 Å². The van der Waals surface area contributed by atoms with Gasteiger partial charge in [0.05, 0.1) is 11.6 Å². The normalized spacial score (nSPS) is 13.9. The van der Waals surface area contributed by atoms with Gasteiger partial charge in [0.15, 0.2) is 0 Å². The van der Waals surface area contributed by atoms with Crippen LogP contribution in [0.5, 0.6) is 0 Å². The van der Waals surface area contributed by atoms with E-state index in [1.165, 1.54) is 18.2 Å². The Morgan fingerprint density at radius 1 is 1.43 bits per heavy atom. The molecular weight excluding hydrogens is 207 g/mol. The van der Waals surface area contributed by atoms with Crippen LogP contribution in [0.1, 0.15) is 18.4 Å². The molecule has 0 radical (unpaired) electrons. The monoisotopic (exact) mass is 218 g/mol. The van der Waals surface area contributed by atoms with E-state index in [0.717, 1.165) is 0 Å². The third-order valence-corrected chi connectivity index (χ3v) is 2.89. The largest absolute Gasteiger partial charge is 0.294 e. The lowest BCUT2D eigenvalue weighted by molar-refractivity contribution is 0.440. The van der Waals surface area contributed by atoms with E-state index < -0.39 is 22.7 Å². The maximum Gasteiger partial charge on any atom is 0.294 e. The summed E-state index contributed by atoms with van der Waals surface area (Å²) in [6.07, 6.45) is 0. The molecule has 0 heterocycles. The van der Waals surface area contributed by atoms with Gasteiger partial charge in [-0.3, -0.25) is 8.94 Å². The predicted octanol–water partition coefficient (Wildman–Crippen LogP) is 2.01. The molecular formula is C9H11FO3S. The van der Waals surface area contributed by atoms with Gasteiger partial charge in [0.2, 0.25) is 0 Å². The Bertz CT molecular complexity index is 414. The topological polar surface area (TPSA) is 54.4 Å². The van der Waals surface area contributed by atoms with Gasteiger partial charge in [0.25, 0.3) is 10.1 Å². The first kappa shape index (κ1) is 11.1. The van der Waals surface area contributed by atoms with Gasteiger partial charge >= 0.3 is 0 Å². The third kappa shape index (κ3) is 2.30. The fourth-order valence-corrected chi connectivity index (χ4v) is 2.02. The van der Waals surface area contributed by atoms with Crippen molar-refractivity contribution in [3.63, 3.8) is 0 Å². The lowest BCUT2D eigenvalue weighted by Gasteiger charge is -2.10. The summed E-state index contributed by atoms with van der Waals surface area (Å²) < 4.78 is 43.0. The molecule has 1 aromatic carbocycles. The van der Waals surface area contributed by atoms with Crippen molar-refractivity contribution in [3.05, 3.63) is 29.8 Å². The van der Waals surface area contributed by atoms with Gasteiger partial charge in [0.1, 0.15) is 0 Å². The number of benzene rings is 1. The standard InChI is InChI=1S/C9H11FO3S/c1-7(6-10)8-4-2-3-5-9(8)14(11,12)13/h2-5,7H,6H2,1H3,(H,11,12,13). The Balaban J connectivity index is 3.30. The zero-order chi connectivity index (χ0) is 10.8. The van der Waals surface area contributed by atoms with Crippen LogP contribution in [0.25, 0.3) is 0 Å². The average molecular weight is 218 g/mol. The Morgan fingerprint density at radius 2 is 2.00 bits per heavy atom. The number of hydrogen-bond acceptors (Lipinski definition) is 2. The molecule has 0 aliphatic heterocycles. The molecule has 0 aliphatic carbocycles. The van der Waals surface area contributed by atoms with Crippen LogP contribution in [0.2, 0.25) is 0 Å². The van der Waals surface area contributed by atoms with Crippen LogP contribution in [0.4, 0.5) is 4.39 Å². The summed E-state index contributed by atoms with van der Waals surface area (Å²) >= 11 is 0. The van der Waals surface area contributed by atoms with Crippen molar-refractivity contribution in [1.29, 1.82) is 0 Å². The smallest absolute Gasteiger partial charge is 0.282 e. The van der Waals surface area contributed by atoms with Gasteiger partial charge in [-0.25, -0.2) is 0 Å². The molecule has 0 saturated heterocycles. The zero-order valence-corrected chi connectivity index (χ0v) is 8.46. The molecule has 14 heavy (non-hydrogen) atoms. The summed E-state index contributed by atoms with van der Waals surface area (Å²) in [7, 11) is -4.26. The molecule has 0 spiro atoms. The molecule has 1 rings (SSSR count). The van der Waals surface area contributed by atoms with E-state index in [4.69, 9.17) is 4.55 Å². The Labute approximate surface area is 82.3 Å². The SMILES string of the molecule is CC(CF)c1ccccc1S(=O)(=O)O. The van der Waals surface area contributed by atoms with Gasteiger partial charge in [-0.1, -0.05) is 25.1 Å². The minimum atomic E-state index is -4.26. The van der Waals surface area contributed by atoms with Crippen LogP contribution in [0.3, 0.4) is 0 Å². The maximum atomic E-state index is 12.4. The molecule has 5 heteroatoms. The van der Waals surface area contributed by atoms with Crippen molar-refractivity contribution < 1.29 is 17.4 Å². The molecule has 1 aromatic rings. The highest BCUT2D eigenvalue weighted by atomic mass is 32.2. The van der Waals surface area contributed by atoms with Crippen LogP contribution in [0.15, 0.2) is 29.2 Å². The second-order valence-corrected chi connectivity index (χ2v) is 4.46. The van der Waals surface area contributed by atoms with Crippen molar-refractivity contribution in [1.82, 2.24) is 0 Å². The van der Waals surface area contributed by atoms with Crippen LogP contribution in [-0.4, -0.2) is 19.6 Å². The van der Waals surface area contributed by atoms with Crippen molar-refractivity contribution in [2.45, 2.75) is 17.7 Å². The molecule has 78 valence electrons. The average Bonchev–Trinajstić information content (AvgIpc) is 2.15. The van der Waals surface area contributed by atoms with Crippen molar-refractivity contribution in [3.8, 4) is 0 Å². The highest BCUT2D eigenvalue weighted by molar-refractivity contribution is 7.85. The van der Waals surface area contributed by atoms with E-state index >= 15 is 0 Å². The number of rotatable bonds is 3. The van der Waals surface area contributed by atoms with Crippen molar-refractivity contribution >= 4 is 10.1 Å². The lowest BCUT2D eigenvalue weighted by atomic mass is 10.0. The first-order chi connectivity index (χ1) is 6.46. The molecule has 0 fully saturated rings. The number of halogens is 1. The second kappa shape index (κ2) is 4.06. The quantitative estimate of drug-likeness (QED) is 0.789. The van der Waals surface area contributed by atoms with Gasteiger partial charge in [0, 0.05) is 5.92 Å². The summed E-state index contributed by atoms with van der Waals surface area (Å²) in [4.78, 5) is -0.217. The molecule has 0 aromatic heterocycles. The fraction of sp³-hybridized carbons (Fsp3) is 0.333. The maximum absolute atomic E-state index is 12.4. The Kier molecular flexibility index (Phi) is 3.23. The molecule has 1 N–H and O–H groups in total. The van der Waals surface area contributed by atoms with Crippen LogP contribution in [-0.2, 0) is 10.1 Å². The van der Waals surface area contributed by atoms with Crippen molar-refractivity contribution in [2.75, 3.05) is 6.67 Å². The molecule has 1 unspecified atom stereocenters. The van der Waals surface area contributed by atoms with E-state index in [2.05, 4.69) is 0 Å². The number of hydrogen-bond donors (Lipinski definition) is 1. The Hall–Kier alpha value is -0.940.